The summed E-state index contributed by atoms with van der Waals surface area (Å²) < 4.78 is 10.8. The maximum absolute atomic E-state index is 11.6. The third-order valence-electron chi connectivity index (χ3n) is 5.93. The first kappa shape index (κ1) is 20.1. The normalized spacial score (nSPS) is 26.7. The zero-order valence-corrected chi connectivity index (χ0v) is 17.1. The molecule has 1 N–H and O–H groups in total. The molecule has 2 aromatic rings. The number of rotatable bonds is 5. The van der Waals surface area contributed by atoms with Crippen molar-refractivity contribution < 1.29 is 19.4 Å². The molecule has 1 aromatic heterocycles. The molecule has 0 unspecified atom stereocenters. The number of methoxy groups -OCH3 is 1. The molecule has 0 spiro atoms. The van der Waals surface area contributed by atoms with E-state index in [0.29, 0.717) is 28.2 Å². The number of halogens is 1. The van der Waals surface area contributed by atoms with Crippen LogP contribution in [-0.4, -0.2) is 53.4 Å². The van der Waals surface area contributed by atoms with Gasteiger partial charge in [0.15, 0.2) is 0 Å². The summed E-state index contributed by atoms with van der Waals surface area (Å²) in [5.74, 6) is 1.20. The van der Waals surface area contributed by atoms with Crippen LogP contribution < -0.4 is 4.74 Å². The zero-order chi connectivity index (χ0) is 20.4. The topological polar surface area (TPSA) is 71.9 Å². The van der Waals surface area contributed by atoms with E-state index in [1.54, 1.807) is 30.5 Å². The molecule has 7 heteroatoms. The lowest BCUT2D eigenvalue weighted by Crippen LogP contribution is -2.42. The van der Waals surface area contributed by atoms with Crippen molar-refractivity contribution in [2.45, 2.75) is 31.6 Å². The van der Waals surface area contributed by atoms with Gasteiger partial charge in [-0.3, -0.25) is 9.88 Å². The number of pyridine rings is 1. The van der Waals surface area contributed by atoms with Gasteiger partial charge in [-0.05, 0) is 61.1 Å². The van der Waals surface area contributed by atoms with Crippen molar-refractivity contribution in [1.29, 1.82) is 0 Å². The predicted octanol–water partition coefficient (Wildman–Crippen LogP) is 3.17. The number of likely N-dealkylation sites (tertiary alicyclic amines) is 1. The summed E-state index contributed by atoms with van der Waals surface area (Å²) in [5.41, 5.74) is 1.37. The largest absolute Gasteiger partial charge is 0.488 e. The predicted molar refractivity (Wildman–Crippen MR) is 109 cm³/mol. The Kier molecular flexibility index (Phi) is 6.04. The van der Waals surface area contributed by atoms with Gasteiger partial charge in [-0.1, -0.05) is 11.6 Å². The van der Waals surface area contributed by atoms with Gasteiger partial charge in [-0.25, -0.2) is 4.79 Å². The highest BCUT2D eigenvalue weighted by atomic mass is 35.5. The second-order valence-corrected chi connectivity index (χ2v) is 8.26. The highest BCUT2D eigenvalue weighted by molar-refractivity contribution is 6.31. The zero-order valence-electron chi connectivity index (χ0n) is 16.3. The average molecular weight is 417 g/mol. The van der Waals surface area contributed by atoms with Crippen LogP contribution in [0.4, 0.5) is 0 Å². The molecule has 4 atom stereocenters. The summed E-state index contributed by atoms with van der Waals surface area (Å²) in [7, 11) is 1.36. The third-order valence-corrected chi connectivity index (χ3v) is 6.28. The number of ether oxygens (including phenoxy) is 2. The highest BCUT2D eigenvalue weighted by Crippen LogP contribution is 2.38. The van der Waals surface area contributed by atoms with Crippen LogP contribution in [0, 0.1) is 11.8 Å². The minimum atomic E-state index is -0.505. The molecule has 0 amide bonds. The monoisotopic (exact) mass is 416 g/mol. The third kappa shape index (κ3) is 4.55. The first-order valence-corrected chi connectivity index (χ1v) is 10.3. The van der Waals surface area contributed by atoms with Gasteiger partial charge in [0.2, 0.25) is 0 Å². The molecule has 0 bridgehead atoms. The van der Waals surface area contributed by atoms with E-state index < -0.39 is 6.10 Å². The Morgan fingerprint density at radius 3 is 2.62 bits per heavy atom. The number of benzene rings is 1. The fourth-order valence-electron chi connectivity index (χ4n) is 4.45. The Balaban J connectivity index is 1.36. The summed E-state index contributed by atoms with van der Waals surface area (Å²) in [6, 6.07) is 10.5. The molecule has 2 aliphatic rings. The van der Waals surface area contributed by atoms with Crippen molar-refractivity contribution in [3.63, 3.8) is 0 Å². The lowest BCUT2D eigenvalue weighted by Gasteiger charge is -2.35. The molecule has 154 valence electrons. The number of esters is 1. The van der Waals surface area contributed by atoms with Crippen LogP contribution in [0.5, 0.6) is 5.75 Å². The molecular weight excluding hydrogens is 392 g/mol. The minimum absolute atomic E-state index is 0.251. The van der Waals surface area contributed by atoms with Gasteiger partial charge in [-0.2, -0.15) is 0 Å². The van der Waals surface area contributed by atoms with Crippen LogP contribution in [0.2, 0.25) is 5.02 Å². The van der Waals surface area contributed by atoms with E-state index >= 15 is 0 Å². The molecule has 1 saturated heterocycles. The maximum atomic E-state index is 11.6. The first-order valence-electron chi connectivity index (χ1n) is 9.88. The number of aliphatic hydroxyl groups is 1. The van der Waals surface area contributed by atoms with Crippen LogP contribution >= 0.6 is 11.6 Å². The average Bonchev–Trinajstić information content (AvgIpc) is 3.11. The SMILES string of the molecule is COC(=O)c1ccc(O[C@@H]2C[C@@H]3CN(Cc4ncccc4Cl)C[C@@H]3C[C@H]2O)cc1. The number of aliphatic hydroxyl groups excluding tert-OH is 1. The number of hydrogen-bond acceptors (Lipinski definition) is 6. The Labute approximate surface area is 175 Å². The second-order valence-electron chi connectivity index (χ2n) is 7.86. The Bertz CT molecular complexity index is 860. The van der Waals surface area contributed by atoms with Gasteiger partial charge in [0.25, 0.3) is 0 Å². The smallest absolute Gasteiger partial charge is 0.337 e. The van der Waals surface area contributed by atoms with E-state index in [4.69, 9.17) is 21.1 Å². The molecule has 4 rings (SSSR count). The lowest BCUT2D eigenvalue weighted by molar-refractivity contribution is -0.0231. The number of hydrogen-bond donors (Lipinski definition) is 1. The van der Waals surface area contributed by atoms with Gasteiger partial charge < -0.3 is 14.6 Å². The summed E-state index contributed by atoms with van der Waals surface area (Å²) >= 11 is 6.25. The highest BCUT2D eigenvalue weighted by Gasteiger charge is 2.42. The van der Waals surface area contributed by atoms with E-state index in [-0.39, 0.29) is 12.1 Å². The van der Waals surface area contributed by atoms with Crippen LogP contribution in [0.25, 0.3) is 0 Å². The number of carbonyl (C=O) groups excluding carboxylic acids is 1. The second kappa shape index (κ2) is 8.69. The van der Waals surface area contributed by atoms with Crippen molar-refractivity contribution >= 4 is 17.6 Å². The molecular formula is C22H25ClN2O4. The van der Waals surface area contributed by atoms with Crippen molar-refractivity contribution in [3.8, 4) is 5.75 Å². The van der Waals surface area contributed by atoms with Gasteiger partial charge >= 0.3 is 5.97 Å². The standard InChI is InChI=1S/C22H25ClN2O4/c1-28-22(27)14-4-6-17(7-5-14)29-21-10-16-12-25(11-15(16)9-20(21)26)13-19-18(23)3-2-8-24-19/h2-8,15-16,20-21,26H,9-13H2,1H3/t15-,16+,20+,21+/m0/s1. The quantitative estimate of drug-likeness (QED) is 0.755. The number of aromatic nitrogens is 1. The summed E-state index contributed by atoms with van der Waals surface area (Å²) in [5, 5.41) is 11.3. The van der Waals surface area contributed by atoms with Crippen LogP contribution in [0.1, 0.15) is 28.9 Å². The van der Waals surface area contributed by atoms with Gasteiger partial charge in [0, 0.05) is 25.8 Å². The van der Waals surface area contributed by atoms with E-state index in [1.165, 1.54) is 7.11 Å². The molecule has 1 aromatic carbocycles. The van der Waals surface area contributed by atoms with Gasteiger partial charge in [0.05, 0.1) is 29.5 Å². The fraction of sp³-hybridized carbons (Fsp3) is 0.455. The summed E-state index contributed by atoms with van der Waals surface area (Å²) in [4.78, 5) is 18.3. The van der Waals surface area contributed by atoms with Crippen molar-refractivity contribution in [2.24, 2.45) is 11.8 Å². The van der Waals surface area contributed by atoms with Gasteiger partial charge in [0.1, 0.15) is 11.9 Å². The van der Waals surface area contributed by atoms with Crippen molar-refractivity contribution in [1.82, 2.24) is 9.88 Å². The Morgan fingerprint density at radius 1 is 1.21 bits per heavy atom. The van der Waals surface area contributed by atoms with Crippen LogP contribution in [-0.2, 0) is 11.3 Å². The van der Waals surface area contributed by atoms with Crippen LogP contribution in [0.15, 0.2) is 42.6 Å². The summed E-state index contributed by atoms with van der Waals surface area (Å²) in [6.45, 7) is 2.61. The minimum Gasteiger partial charge on any atom is -0.488 e. The maximum Gasteiger partial charge on any atom is 0.337 e. The van der Waals surface area contributed by atoms with E-state index in [1.807, 2.05) is 12.1 Å². The van der Waals surface area contributed by atoms with Crippen molar-refractivity contribution in [3.05, 3.63) is 58.9 Å². The Morgan fingerprint density at radius 2 is 1.93 bits per heavy atom. The Hall–Kier alpha value is -2.15. The number of fused-ring (bicyclic) bond motifs is 1. The molecule has 2 heterocycles. The van der Waals surface area contributed by atoms with Gasteiger partial charge in [-0.15, -0.1) is 0 Å². The molecule has 1 saturated carbocycles. The number of carbonyl (C=O) groups is 1. The molecule has 1 aliphatic heterocycles. The summed E-state index contributed by atoms with van der Waals surface area (Å²) in [6.07, 6.45) is 2.54. The van der Waals surface area contributed by atoms with Crippen LogP contribution in [0.3, 0.4) is 0 Å². The first-order chi connectivity index (χ1) is 14.0. The molecule has 1 aliphatic carbocycles. The molecule has 6 nitrogen and oxygen atoms in total. The van der Waals surface area contributed by atoms with E-state index in [0.717, 1.165) is 38.2 Å². The van der Waals surface area contributed by atoms with E-state index in [9.17, 15) is 9.90 Å². The number of nitrogens with zero attached hydrogens (tertiary/aromatic N) is 2. The van der Waals surface area contributed by atoms with Crippen molar-refractivity contribution in [2.75, 3.05) is 20.2 Å². The lowest BCUT2D eigenvalue weighted by atomic mass is 9.78. The van der Waals surface area contributed by atoms with E-state index in [2.05, 4.69) is 9.88 Å². The fourth-order valence-corrected chi connectivity index (χ4v) is 4.63. The molecule has 29 heavy (non-hydrogen) atoms. The molecule has 2 fully saturated rings. The molecule has 0 radical (unpaired) electrons.